The van der Waals surface area contributed by atoms with Crippen LogP contribution in [0.25, 0.3) is 0 Å². The van der Waals surface area contributed by atoms with Gasteiger partial charge in [-0.25, -0.2) is 0 Å². The van der Waals surface area contributed by atoms with Crippen molar-refractivity contribution in [2.24, 2.45) is 0 Å². The van der Waals surface area contributed by atoms with Gasteiger partial charge < -0.3 is 14.7 Å². The van der Waals surface area contributed by atoms with Gasteiger partial charge in [0.25, 0.3) is 0 Å². The summed E-state index contributed by atoms with van der Waals surface area (Å²) in [6.45, 7) is -0.705. The van der Waals surface area contributed by atoms with Crippen LogP contribution in [0.2, 0.25) is 0 Å². The van der Waals surface area contributed by atoms with E-state index in [1.165, 1.54) is 31.4 Å². The molecule has 8 heteroatoms. The highest BCUT2D eigenvalue weighted by molar-refractivity contribution is 5.82. The molecule has 0 bridgehead atoms. The van der Waals surface area contributed by atoms with Crippen LogP contribution < -0.4 is 0 Å². The fraction of sp³-hybridized carbons (Fsp3) is 0.467. The summed E-state index contributed by atoms with van der Waals surface area (Å²) in [5, 5.41) is 8.79. The highest BCUT2D eigenvalue weighted by Gasteiger charge is 2.42. The van der Waals surface area contributed by atoms with Crippen LogP contribution in [0.3, 0.4) is 0 Å². The molecule has 1 aromatic rings. The summed E-state index contributed by atoms with van der Waals surface area (Å²) in [6, 6.07) is 7.08. The second-order valence-corrected chi connectivity index (χ2v) is 4.91. The Hall–Kier alpha value is -2.09. The third-order valence-electron chi connectivity index (χ3n) is 3.22. The number of alkyl halides is 3. The standard InChI is InChI=1S/C15H18F3NO4/c1-23-8-7-19(10-14(21)22)13(20)9-12(15(16,17)18)11-5-3-2-4-6-11/h2-6,12H,7-10H2,1H3,(H,21,22). The zero-order chi connectivity index (χ0) is 17.5. The van der Waals surface area contributed by atoms with Crippen molar-refractivity contribution in [3.63, 3.8) is 0 Å². The van der Waals surface area contributed by atoms with E-state index in [-0.39, 0.29) is 18.7 Å². The molecule has 1 amide bonds. The molecule has 1 unspecified atom stereocenters. The Morgan fingerprint density at radius 3 is 2.35 bits per heavy atom. The molecule has 1 aromatic carbocycles. The molecule has 23 heavy (non-hydrogen) atoms. The van der Waals surface area contributed by atoms with E-state index in [2.05, 4.69) is 0 Å². The molecule has 1 N–H and O–H groups in total. The number of carbonyl (C=O) groups excluding carboxylic acids is 1. The van der Waals surface area contributed by atoms with E-state index in [0.29, 0.717) is 0 Å². The maximum atomic E-state index is 13.2. The lowest BCUT2D eigenvalue weighted by molar-refractivity contribution is -0.161. The molecular formula is C15H18F3NO4. The van der Waals surface area contributed by atoms with Crippen molar-refractivity contribution >= 4 is 11.9 Å². The highest BCUT2D eigenvalue weighted by atomic mass is 19.4. The van der Waals surface area contributed by atoms with Crippen molar-refractivity contribution in [1.82, 2.24) is 4.90 Å². The van der Waals surface area contributed by atoms with E-state index in [1.807, 2.05) is 0 Å². The number of rotatable bonds is 8. The summed E-state index contributed by atoms with van der Waals surface area (Å²) >= 11 is 0. The normalized spacial score (nSPS) is 12.7. The van der Waals surface area contributed by atoms with Gasteiger partial charge in [-0.3, -0.25) is 9.59 Å². The van der Waals surface area contributed by atoms with Gasteiger partial charge in [-0.05, 0) is 5.56 Å². The number of hydrogen-bond acceptors (Lipinski definition) is 3. The molecular weight excluding hydrogens is 315 g/mol. The summed E-state index contributed by atoms with van der Waals surface area (Å²) in [5.74, 6) is -4.15. The van der Waals surface area contributed by atoms with E-state index >= 15 is 0 Å². The lowest BCUT2D eigenvalue weighted by Crippen LogP contribution is -2.40. The largest absolute Gasteiger partial charge is 0.480 e. The van der Waals surface area contributed by atoms with E-state index < -0.39 is 36.9 Å². The maximum absolute atomic E-state index is 13.2. The maximum Gasteiger partial charge on any atom is 0.396 e. The van der Waals surface area contributed by atoms with Gasteiger partial charge in [0.05, 0.1) is 12.5 Å². The predicted octanol–water partition coefficient (Wildman–Crippen LogP) is 2.28. The van der Waals surface area contributed by atoms with Crippen LogP contribution in [0.1, 0.15) is 17.9 Å². The number of carbonyl (C=O) groups is 2. The van der Waals surface area contributed by atoms with Crippen LogP contribution in [0.15, 0.2) is 30.3 Å². The quantitative estimate of drug-likeness (QED) is 0.793. The third kappa shape index (κ3) is 6.27. The Balaban J connectivity index is 2.92. The summed E-state index contributed by atoms with van der Waals surface area (Å²) < 4.78 is 44.4. The topological polar surface area (TPSA) is 66.8 Å². The fourth-order valence-corrected chi connectivity index (χ4v) is 2.07. The predicted molar refractivity (Wildman–Crippen MR) is 75.9 cm³/mol. The number of amides is 1. The van der Waals surface area contributed by atoms with Gasteiger partial charge in [-0.2, -0.15) is 13.2 Å². The van der Waals surface area contributed by atoms with Crippen LogP contribution in [-0.4, -0.2) is 54.9 Å². The number of halogens is 3. The van der Waals surface area contributed by atoms with Crippen LogP contribution in [0.4, 0.5) is 13.2 Å². The molecule has 0 saturated heterocycles. The molecule has 0 aromatic heterocycles. The number of hydrogen-bond donors (Lipinski definition) is 1. The summed E-state index contributed by atoms with van der Waals surface area (Å²) in [7, 11) is 1.35. The molecule has 0 radical (unpaired) electrons. The van der Waals surface area contributed by atoms with Crippen molar-refractivity contribution in [3.8, 4) is 0 Å². The van der Waals surface area contributed by atoms with Gasteiger partial charge >= 0.3 is 12.1 Å². The van der Waals surface area contributed by atoms with Crippen LogP contribution >= 0.6 is 0 Å². The Kier molecular flexibility index (Phi) is 7.02. The molecule has 1 atom stereocenters. The average molecular weight is 333 g/mol. The minimum Gasteiger partial charge on any atom is -0.480 e. The molecule has 0 aliphatic heterocycles. The molecule has 5 nitrogen and oxygen atoms in total. The number of aliphatic carboxylic acids is 1. The number of carboxylic acid groups (broad SMARTS) is 1. The fourth-order valence-electron chi connectivity index (χ4n) is 2.07. The number of nitrogens with zero attached hydrogens (tertiary/aromatic N) is 1. The lowest BCUT2D eigenvalue weighted by Gasteiger charge is -2.25. The van der Waals surface area contributed by atoms with Crippen molar-refractivity contribution in [2.75, 3.05) is 26.8 Å². The van der Waals surface area contributed by atoms with Crippen molar-refractivity contribution < 1.29 is 32.6 Å². The van der Waals surface area contributed by atoms with Crippen LogP contribution in [-0.2, 0) is 14.3 Å². The molecule has 0 saturated carbocycles. The van der Waals surface area contributed by atoms with Gasteiger partial charge in [0.2, 0.25) is 5.91 Å². The Morgan fingerprint density at radius 2 is 1.87 bits per heavy atom. The lowest BCUT2D eigenvalue weighted by atomic mass is 9.94. The van der Waals surface area contributed by atoms with Crippen molar-refractivity contribution in [1.29, 1.82) is 0 Å². The zero-order valence-corrected chi connectivity index (χ0v) is 12.5. The smallest absolute Gasteiger partial charge is 0.396 e. The minimum absolute atomic E-state index is 0.0321. The molecule has 128 valence electrons. The summed E-state index contributed by atoms with van der Waals surface area (Å²) in [6.07, 6.45) is -5.45. The summed E-state index contributed by atoms with van der Waals surface area (Å²) in [4.78, 5) is 23.7. The van der Waals surface area contributed by atoms with Gasteiger partial charge in [0, 0.05) is 20.1 Å². The molecule has 0 aliphatic rings. The van der Waals surface area contributed by atoms with E-state index in [9.17, 15) is 22.8 Å². The molecule has 0 aliphatic carbocycles. The number of methoxy groups -OCH3 is 1. The molecule has 0 heterocycles. The second kappa shape index (κ2) is 8.52. The van der Waals surface area contributed by atoms with Crippen molar-refractivity contribution in [3.05, 3.63) is 35.9 Å². The van der Waals surface area contributed by atoms with Gasteiger partial charge in [0.1, 0.15) is 6.54 Å². The van der Waals surface area contributed by atoms with Crippen LogP contribution in [0, 0.1) is 0 Å². The highest BCUT2D eigenvalue weighted by Crippen LogP contribution is 2.37. The molecule has 1 rings (SSSR count). The number of carboxylic acids is 1. The SMILES string of the molecule is COCCN(CC(=O)O)C(=O)CC(c1ccccc1)C(F)(F)F. The average Bonchev–Trinajstić information content (AvgIpc) is 2.48. The summed E-state index contributed by atoms with van der Waals surface area (Å²) in [5.41, 5.74) is -0.0321. The number of ether oxygens (including phenoxy) is 1. The third-order valence-corrected chi connectivity index (χ3v) is 3.22. The van der Waals surface area contributed by atoms with Gasteiger partial charge in [0.15, 0.2) is 0 Å². The van der Waals surface area contributed by atoms with Gasteiger partial charge in [-0.15, -0.1) is 0 Å². The van der Waals surface area contributed by atoms with Crippen LogP contribution in [0.5, 0.6) is 0 Å². The van der Waals surface area contributed by atoms with Gasteiger partial charge in [-0.1, -0.05) is 30.3 Å². The first-order valence-corrected chi connectivity index (χ1v) is 6.86. The monoisotopic (exact) mass is 333 g/mol. The molecule has 0 fully saturated rings. The first-order chi connectivity index (χ1) is 10.8. The van der Waals surface area contributed by atoms with E-state index in [1.54, 1.807) is 6.07 Å². The molecule has 0 spiro atoms. The zero-order valence-electron chi connectivity index (χ0n) is 12.5. The second-order valence-electron chi connectivity index (χ2n) is 4.91. The van der Waals surface area contributed by atoms with Crippen molar-refractivity contribution in [2.45, 2.75) is 18.5 Å². The first kappa shape index (κ1) is 19.0. The number of benzene rings is 1. The first-order valence-electron chi connectivity index (χ1n) is 6.86. The minimum atomic E-state index is -4.60. The Bertz CT molecular complexity index is 519. The van der Waals surface area contributed by atoms with E-state index in [4.69, 9.17) is 9.84 Å². The Morgan fingerprint density at radius 1 is 1.26 bits per heavy atom. The Labute approximate surface area is 131 Å². The van der Waals surface area contributed by atoms with E-state index in [0.717, 1.165) is 4.90 Å².